The molecule has 0 atom stereocenters. The van der Waals surface area contributed by atoms with Gasteiger partial charge in [0.15, 0.2) is 5.12 Å². The molecule has 0 radical (unpaired) electrons. The van der Waals surface area contributed by atoms with Crippen LogP contribution in [0.4, 0.5) is 13.2 Å². The maximum Gasteiger partial charge on any atom is 0.389 e. The van der Waals surface area contributed by atoms with Crippen LogP contribution >= 0.6 is 11.8 Å². The lowest BCUT2D eigenvalue weighted by Gasteiger charge is -2.05. The number of carbonyl (C=O) groups excluding carboxylic acids is 1. The van der Waals surface area contributed by atoms with Crippen LogP contribution < -0.4 is 0 Å². The lowest BCUT2D eigenvalue weighted by molar-refractivity contribution is -0.135. The van der Waals surface area contributed by atoms with E-state index in [-0.39, 0.29) is 11.5 Å². The van der Waals surface area contributed by atoms with Crippen LogP contribution in [-0.4, -0.2) is 17.0 Å². The van der Waals surface area contributed by atoms with Crippen molar-refractivity contribution in [3.63, 3.8) is 0 Å². The van der Waals surface area contributed by atoms with Crippen molar-refractivity contribution in [3.8, 4) is 0 Å². The molecule has 0 aliphatic carbocycles. The van der Waals surface area contributed by atoms with Gasteiger partial charge in [0.05, 0.1) is 0 Å². The van der Waals surface area contributed by atoms with Gasteiger partial charge in [-0.3, -0.25) is 4.79 Å². The summed E-state index contributed by atoms with van der Waals surface area (Å²) in [7, 11) is 0. The van der Waals surface area contributed by atoms with Gasteiger partial charge in [-0.05, 0) is 12.8 Å². The molecule has 0 bridgehead atoms. The van der Waals surface area contributed by atoms with E-state index in [9.17, 15) is 18.0 Å². The minimum absolute atomic E-state index is 0.166. The van der Waals surface area contributed by atoms with Crippen LogP contribution in [0.3, 0.4) is 0 Å². The van der Waals surface area contributed by atoms with Crippen LogP contribution in [0.25, 0.3) is 0 Å². The summed E-state index contributed by atoms with van der Waals surface area (Å²) in [6.45, 7) is 1.58. The Morgan fingerprint density at radius 2 is 1.33 bits per heavy atom. The molecule has 0 N–H and O–H groups in total. The molecule has 0 saturated heterocycles. The Labute approximate surface area is 112 Å². The van der Waals surface area contributed by atoms with Gasteiger partial charge >= 0.3 is 6.18 Å². The maximum absolute atomic E-state index is 11.8. The Morgan fingerprint density at radius 3 is 1.78 bits per heavy atom. The van der Waals surface area contributed by atoms with Gasteiger partial charge in [0, 0.05) is 19.1 Å². The SMILES string of the molecule is CC(=O)SCCCCCCCCCCC(F)(F)F. The summed E-state index contributed by atoms with van der Waals surface area (Å²) < 4.78 is 35.5. The second-order valence-corrected chi connectivity index (χ2v) is 5.81. The summed E-state index contributed by atoms with van der Waals surface area (Å²) in [6.07, 6.45) is 2.62. The van der Waals surface area contributed by atoms with Gasteiger partial charge in [-0.1, -0.05) is 50.3 Å². The summed E-state index contributed by atoms with van der Waals surface area (Å²) >= 11 is 1.36. The Bertz CT molecular complexity index is 217. The molecule has 1 nitrogen and oxygen atoms in total. The summed E-state index contributed by atoms with van der Waals surface area (Å²) in [5.74, 6) is 0.890. The zero-order chi connectivity index (χ0) is 13.9. The minimum atomic E-state index is -3.99. The molecule has 5 heteroatoms. The summed E-state index contributed by atoms with van der Waals surface area (Å²) in [4.78, 5) is 10.6. The topological polar surface area (TPSA) is 17.1 Å². The molecule has 0 aromatic rings. The molecule has 0 aliphatic rings. The third-order valence-corrected chi connectivity index (χ3v) is 3.56. The van der Waals surface area contributed by atoms with Crippen molar-refractivity contribution in [1.29, 1.82) is 0 Å². The molecule has 0 aromatic heterocycles. The highest BCUT2D eigenvalue weighted by molar-refractivity contribution is 8.13. The van der Waals surface area contributed by atoms with Gasteiger partial charge in [0.1, 0.15) is 0 Å². The van der Waals surface area contributed by atoms with Gasteiger partial charge < -0.3 is 0 Å². The highest BCUT2D eigenvalue weighted by atomic mass is 32.2. The Morgan fingerprint density at radius 1 is 0.889 bits per heavy atom. The fourth-order valence-electron chi connectivity index (χ4n) is 1.70. The average molecular weight is 284 g/mol. The molecular weight excluding hydrogens is 261 g/mol. The molecule has 0 aromatic carbocycles. The first kappa shape index (κ1) is 17.8. The van der Waals surface area contributed by atoms with Gasteiger partial charge in [-0.2, -0.15) is 13.2 Å². The molecule has 0 saturated carbocycles. The van der Waals surface area contributed by atoms with E-state index in [1.807, 2.05) is 0 Å². The predicted molar refractivity (Wildman–Crippen MR) is 70.7 cm³/mol. The molecule has 18 heavy (non-hydrogen) atoms. The van der Waals surface area contributed by atoms with E-state index < -0.39 is 12.6 Å². The number of hydrogen-bond donors (Lipinski definition) is 0. The van der Waals surface area contributed by atoms with E-state index in [2.05, 4.69) is 0 Å². The van der Waals surface area contributed by atoms with Gasteiger partial charge in [0.25, 0.3) is 0 Å². The zero-order valence-corrected chi connectivity index (χ0v) is 11.8. The Kier molecular flexibility index (Phi) is 10.6. The predicted octanol–water partition coefficient (Wildman–Crippen LogP) is 5.34. The highest BCUT2D eigenvalue weighted by Gasteiger charge is 2.25. The summed E-state index contributed by atoms with van der Waals surface area (Å²) in [5.41, 5.74) is 0. The average Bonchev–Trinajstić information content (AvgIpc) is 2.24. The smallest absolute Gasteiger partial charge is 0.288 e. The van der Waals surface area contributed by atoms with Crippen molar-refractivity contribution in [1.82, 2.24) is 0 Å². The number of rotatable bonds is 10. The van der Waals surface area contributed by atoms with E-state index in [4.69, 9.17) is 0 Å². The third kappa shape index (κ3) is 15.8. The lowest BCUT2D eigenvalue weighted by atomic mass is 10.1. The minimum Gasteiger partial charge on any atom is -0.288 e. The molecule has 108 valence electrons. The van der Waals surface area contributed by atoms with Crippen molar-refractivity contribution in [2.45, 2.75) is 70.9 Å². The fraction of sp³-hybridized carbons (Fsp3) is 0.923. The fourth-order valence-corrected chi connectivity index (χ4v) is 2.34. The number of thioether (sulfide) groups is 1. The number of carbonyl (C=O) groups is 1. The van der Waals surface area contributed by atoms with Gasteiger partial charge in [-0.25, -0.2) is 0 Å². The Hall–Kier alpha value is -0.190. The number of hydrogen-bond acceptors (Lipinski definition) is 2. The van der Waals surface area contributed by atoms with Crippen LogP contribution in [-0.2, 0) is 4.79 Å². The lowest BCUT2D eigenvalue weighted by Crippen LogP contribution is -2.06. The standard InChI is InChI=1S/C13H23F3OS/c1-12(17)18-11-9-7-5-3-2-4-6-8-10-13(14,15)16/h2-11H2,1H3. The quantitative estimate of drug-likeness (QED) is 0.504. The first-order chi connectivity index (χ1) is 8.42. The first-order valence-electron chi connectivity index (χ1n) is 6.62. The summed E-state index contributed by atoms with van der Waals surface area (Å²) in [5, 5.41) is 0.166. The molecule has 0 rings (SSSR count). The second-order valence-electron chi connectivity index (χ2n) is 4.53. The molecule has 0 unspecified atom stereocenters. The van der Waals surface area contributed by atoms with Crippen LogP contribution in [0.1, 0.15) is 64.7 Å². The number of alkyl halides is 3. The van der Waals surface area contributed by atoms with Crippen molar-refractivity contribution in [2.24, 2.45) is 0 Å². The maximum atomic E-state index is 11.8. The monoisotopic (exact) mass is 284 g/mol. The first-order valence-corrected chi connectivity index (χ1v) is 7.60. The molecule has 0 heterocycles. The van der Waals surface area contributed by atoms with E-state index in [0.29, 0.717) is 6.42 Å². The molecule has 0 amide bonds. The van der Waals surface area contributed by atoms with E-state index in [1.165, 1.54) is 11.8 Å². The Balaban J connectivity index is 3.06. The van der Waals surface area contributed by atoms with Crippen molar-refractivity contribution >= 4 is 16.9 Å². The van der Waals surface area contributed by atoms with Crippen LogP contribution in [0, 0.1) is 0 Å². The third-order valence-electron chi connectivity index (χ3n) is 2.66. The molecule has 0 aliphatic heterocycles. The number of halogens is 3. The second kappa shape index (κ2) is 10.7. The van der Waals surface area contributed by atoms with Gasteiger partial charge in [0.2, 0.25) is 0 Å². The van der Waals surface area contributed by atoms with Crippen molar-refractivity contribution < 1.29 is 18.0 Å². The largest absolute Gasteiger partial charge is 0.389 e. The van der Waals surface area contributed by atoms with E-state index >= 15 is 0 Å². The molecule has 0 spiro atoms. The van der Waals surface area contributed by atoms with E-state index in [0.717, 1.165) is 44.3 Å². The van der Waals surface area contributed by atoms with Crippen LogP contribution in [0.2, 0.25) is 0 Å². The zero-order valence-electron chi connectivity index (χ0n) is 11.0. The van der Waals surface area contributed by atoms with Crippen molar-refractivity contribution in [3.05, 3.63) is 0 Å². The van der Waals surface area contributed by atoms with Gasteiger partial charge in [-0.15, -0.1) is 0 Å². The van der Waals surface area contributed by atoms with Crippen LogP contribution in [0.5, 0.6) is 0 Å². The van der Waals surface area contributed by atoms with E-state index in [1.54, 1.807) is 6.92 Å². The molecular formula is C13H23F3OS. The highest BCUT2D eigenvalue weighted by Crippen LogP contribution is 2.23. The summed E-state index contributed by atoms with van der Waals surface area (Å²) in [6, 6.07) is 0. The van der Waals surface area contributed by atoms with Crippen LogP contribution in [0.15, 0.2) is 0 Å². The normalized spacial score (nSPS) is 11.8. The van der Waals surface area contributed by atoms with Crippen molar-refractivity contribution in [2.75, 3.05) is 5.75 Å². The number of unbranched alkanes of at least 4 members (excludes halogenated alkanes) is 7. The molecule has 0 fully saturated rings.